The number of ether oxygens (including phenoxy) is 1. The van der Waals surface area contributed by atoms with E-state index in [1.165, 1.54) is 7.11 Å². The summed E-state index contributed by atoms with van der Waals surface area (Å²) in [5.74, 6) is 0.504. The van der Waals surface area contributed by atoms with Crippen molar-refractivity contribution < 1.29 is 13.2 Å². The van der Waals surface area contributed by atoms with Gasteiger partial charge in [-0.1, -0.05) is 29.8 Å². The summed E-state index contributed by atoms with van der Waals surface area (Å²) in [4.78, 5) is 0. The molecule has 0 heterocycles. The Morgan fingerprint density at radius 2 is 2.05 bits per heavy atom. The van der Waals surface area contributed by atoms with Crippen molar-refractivity contribution in [2.75, 3.05) is 24.1 Å². The molecule has 7 heteroatoms. The maximum atomic E-state index is 11.9. The van der Waals surface area contributed by atoms with Gasteiger partial charge in [-0.2, -0.15) is 0 Å². The number of hydrogen-bond donors (Lipinski definition) is 2. The number of rotatable bonds is 7. The second-order valence-electron chi connectivity index (χ2n) is 4.37. The van der Waals surface area contributed by atoms with Crippen molar-refractivity contribution in [3.63, 3.8) is 0 Å². The fourth-order valence-corrected chi connectivity index (χ4v) is 2.80. The summed E-state index contributed by atoms with van der Waals surface area (Å²) in [6.07, 6.45) is 0. The van der Waals surface area contributed by atoms with Crippen LogP contribution in [0.15, 0.2) is 22.7 Å². The van der Waals surface area contributed by atoms with Crippen LogP contribution in [-0.4, -0.2) is 33.9 Å². The van der Waals surface area contributed by atoms with Gasteiger partial charge < -0.3 is 10.1 Å². The lowest BCUT2D eigenvalue weighted by Crippen LogP contribution is -2.31. The van der Waals surface area contributed by atoms with Crippen LogP contribution in [0.5, 0.6) is 5.75 Å². The van der Waals surface area contributed by atoms with Crippen molar-refractivity contribution in [2.24, 2.45) is 0 Å². The number of anilines is 1. The Balaban J connectivity index is 2.74. The van der Waals surface area contributed by atoms with Crippen LogP contribution >= 0.6 is 15.9 Å². The van der Waals surface area contributed by atoms with Crippen molar-refractivity contribution in [3.05, 3.63) is 22.7 Å². The van der Waals surface area contributed by atoms with Crippen LogP contribution in [0.3, 0.4) is 0 Å². The minimum Gasteiger partial charge on any atom is -0.495 e. The third-order valence-corrected chi connectivity index (χ3v) is 4.12. The first-order valence-electron chi connectivity index (χ1n) is 5.91. The van der Waals surface area contributed by atoms with Gasteiger partial charge in [-0.15, -0.1) is 0 Å². The number of hydrogen-bond acceptors (Lipinski definition) is 4. The Bertz CT molecular complexity index is 518. The number of halogens is 1. The summed E-state index contributed by atoms with van der Waals surface area (Å²) >= 11 is 3.30. The first-order chi connectivity index (χ1) is 8.84. The Labute approximate surface area is 122 Å². The van der Waals surface area contributed by atoms with Gasteiger partial charge in [0.15, 0.2) is 0 Å². The maximum absolute atomic E-state index is 11.9. The maximum Gasteiger partial charge on any atom is 0.234 e. The third kappa shape index (κ3) is 5.80. The van der Waals surface area contributed by atoms with Gasteiger partial charge in [0.1, 0.15) is 5.75 Å². The zero-order valence-electron chi connectivity index (χ0n) is 11.2. The molecule has 0 aliphatic rings. The molecule has 5 nitrogen and oxygen atoms in total. The molecule has 0 fully saturated rings. The van der Waals surface area contributed by atoms with Crippen molar-refractivity contribution in [1.82, 2.24) is 5.32 Å². The lowest BCUT2D eigenvalue weighted by Gasteiger charge is -2.13. The summed E-state index contributed by atoms with van der Waals surface area (Å²) in [6, 6.07) is 5.42. The molecule has 0 aliphatic carbocycles. The van der Waals surface area contributed by atoms with E-state index in [0.717, 1.165) is 4.47 Å². The average Bonchev–Trinajstić information content (AvgIpc) is 2.27. The zero-order chi connectivity index (χ0) is 14.5. The number of nitrogens with one attached hydrogen (secondary N) is 2. The van der Waals surface area contributed by atoms with E-state index in [2.05, 4.69) is 26.0 Å². The van der Waals surface area contributed by atoms with E-state index in [0.29, 0.717) is 18.0 Å². The highest BCUT2D eigenvalue weighted by Gasteiger charge is 2.13. The van der Waals surface area contributed by atoms with E-state index >= 15 is 0 Å². The Morgan fingerprint density at radius 3 is 2.63 bits per heavy atom. The summed E-state index contributed by atoms with van der Waals surface area (Å²) in [7, 11) is -1.89. The molecule has 0 aromatic heterocycles. The molecule has 1 rings (SSSR count). The second kappa shape index (κ2) is 7.12. The van der Waals surface area contributed by atoms with E-state index in [4.69, 9.17) is 4.74 Å². The predicted octanol–water partition coefficient (Wildman–Crippen LogP) is 2.20. The van der Waals surface area contributed by atoms with Crippen LogP contribution in [0, 0.1) is 0 Å². The van der Waals surface area contributed by atoms with Crippen LogP contribution in [0.25, 0.3) is 0 Å². The molecular formula is C12H19BrN2O3S. The largest absolute Gasteiger partial charge is 0.495 e. The fraction of sp³-hybridized carbons (Fsp3) is 0.500. The van der Waals surface area contributed by atoms with E-state index in [1.807, 2.05) is 13.8 Å². The molecule has 0 atom stereocenters. The van der Waals surface area contributed by atoms with Gasteiger partial charge in [-0.05, 0) is 18.2 Å². The molecule has 0 bridgehead atoms. The topological polar surface area (TPSA) is 67.4 Å². The minimum absolute atomic E-state index is 0.0147. The highest BCUT2D eigenvalue weighted by Crippen LogP contribution is 2.28. The molecule has 0 saturated heterocycles. The Morgan fingerprint density at radius 1 is 1.37 bits per heavy atom. The predicted molar refractivity (Wildman–Crippen MR) is 81.2 cm³/mol. The quantitative estimate of drug-likeness (QED) is 0.790. The molecule has 108 valence electrons. The van der Waals surface area contributed by atoms with Crippen LogP contribution in [-0.2, 0) is 10.0 Å². The van der Waals surface area contributed by atoms with Gasteiger partial charge >= 0.3 is 0 Å². The molecule has 0 unspecified atom stereocenters. The van der Waals surface area contributed by atoms with E-state index in [9.17, 15) is 8.42 Å². The van der Waals surface area contributed by atoms with Crippen LogP contribution in [0.2, 0.25) is 0 Å². The van der Waals surface area contributed by atoms with Gasteiger partial charge in [-0.3, -0.25) is 4.72 Å². The van der Waals surface area contributed by atoms with Crippen molar-refractivity contribution in [1.29, 1.82) is 0 Å². The average molecular weight is 351 g/mol. The monoisotopic (exact) mass is 350 g/mol. The highest BCUT2D eigenvalue weighted by molar-refractivity contribution is 9.10. The van der Waals surface area contributed by atoms with Crippen molar-refractivity contribution in [2.45, 2.75) is 19.9 Å². The normalized spacial score (nSPS) is 11.6. The number of sulfonamides is 1. The molecule has 0 saturated carbocycles. The fourth-order valence-electron chi connectivity index (χ4n) is 1.46. The van der Waals surface area contributed by atoms with Gasteiger partial charge in [0.05, 0.1) is 18.6 Å². The zero-order valence-corrected chi connectivity index (χ0v) is 13.6. The Kier molecular flexibility index (Phi) is 6.09. The van der Waals surface area contributed by atoms with Gasteiger partial charge in [0.25, 0.3) is 0 Å². The molecule has 19 heavy (non-hydrogen) atoms. The van der Waals surface area contributed by atoms with E-state index in [1.54, 1.807) is 18.2 Å². The third-order valence-electron chi connectivity index (χ3n) is 2.35. The smallest absolute Gasteiger partial charge is 0.234 e. The molecule has 1 aromatic rings. The first-order valence-corrected chi connectivity index (χ1v) is 8.36. The molecular weight excluding hydrogens is 332 g/mol. The SMILES string of the molecule is COc1ccc(Br)cc1NS(=O)(=O)CCNC(C)C. The standard InChI is InChI=1S/C12H19BrN2O3S/c1-9(2)14-6-7-19(16,17)15-11-8-10(13)4-5-12(11)18-3/h4-5,8-9,14-15H,6-7H2,1-3H3. The second-order valence-corrected chi connectivity index (χ2v) is 7.13. The number of benzene rings is 1. The summed E-state index contributed by atoms with van der Waals surface area (Å²) in [5, 5.41) is 3.07. The lowest BCUT2D eigenvalue weighted by molar-refractivity contribution is 0.417. The van der Waals surface area contributed by atoms with E-state index in [-0.39, 0.29) is 11.8 Å². The summed E-state index contributed by atoms with van der Waals surface area (Å²) < 4.78 is 32.3. The van der Waals surface area contributed by atoms with Crippen molar-refractivity contribution in [3.8, 4) is 5.75 Å². The first kappa shape index (κ1) is 16.3. The lowest BCUT2D eigenvalue weighted by atomic mass is 10.3. The van der Waals surface area contributed by atoms with Gasteiger partial charge in [0.2, 0.25) is 10.0 Å². The molecule has 0 aliphatic heterocycles. The number of methoxy groups -OCH3 is 1. The van der Waals surface area contributed by atoms with Crippen LogP contribution < -0.4 is 14.8 Å². The molecule has 1 aromatic carbocycles. The minimum atomic E-state index is -3.39. The van der Waals surface area contributed by atoms with Crippen LogP contribution in [0.4, 0.5) is 5.69 Å². The summed E-state index contributed by atoms with van der Waals surface area (Å²) in [5.41, 5.74) is 0.432. The molecule has 0 amide bonds. The molecule has 0 spiro atoms. The van der Waals surface area contributed by atoms with E-state index < -0.39 is 10.0 Å². The molecule has 2 N–H and O–H groups in total. The molecule has 0 radical (unpaired) electrons. The highest BCUT2D eigenvalue weighted by atomic mass is 79.9. The van der Waals surface area contributed by atoms with Gasteiger partial charge in [-0.25, -0.2) is 8.42 Å². The van der Waals surface area contributed by atoms with Gasteiger partial charge in [0, 0.05) is 17.1 Å². The van der Waals surface area contributed by atoms with Crippen LogP contribution in [0.1, 0.15) is 13.8 Å². The Hall–Kier alpha value is -0.790. The van der Waals surface area contributed by atoms with Crippen molar-refractivity contribution >= 4 is 31.6 Å². The summed E-state index contributed by atoms with van der Waals surface area (Å²) in [6.45, 7) is 4.35.